The highest BCUT2D eigenvalue weighted by atomic mass is 19.1. The summed E-state index contributed by atoms with van der Waals surface area (Å²) < 4.78 is 33.3. The smallest absolute Gasteiger partial charge is 0.159 e. The molecule has 2 aromatic carbocycles. The largest absolute Gasteiger partial charge is 0.486 e. The van der Waals surface area contributed by atoms with E-state index in [9.17, 15) is 8.78 Å². The van der Waals surface area contributed by atoms with Crippen LogP contribution in [0.25, 0.3) is 22.4 Å². The van der Waals surface area contributed by atoms with Crippen LogP contribution in [0.15, 0.2) is 36.4 Å². The second-order valence-electron chi connectivity index (χ2n) is 10.5. The normalized spacial score (nSPS) is 17.9. The Kier molecular flexibility index (Phi) is 6.42. The zero-order valence-electron chi connectivity index (χ0n) is 21.2. The van der Waals surface area contributed by atoms with Crippen LogP contribution in [0, 0.1) is 17.6 Å². The lowest BCUT2D eigenvalue weighted by Gasteiger charge is -2.30. The molecule has 1 atom stereocenters. The summed E-state index contributed by atoms with van der Waals surface area (Å²) >= 11 is 0. The monoisotopic (exact) mass is 506 g/mol. The van der Waals surface area contributed by atoms with Crippen molar-refractivity contribution in [2.75, 3.05) is 26.7 Å². The van der Waals surface area contributed by atoms with E-state index in [-0.39, 0.29) is 0 Å². The molecule has 9 heteroatoms. The number of ether oxygens (including phenoxy) is 1. The number of likely N-dealkylation sites (tertiary alicyclic amines) is 1. The highest BCUT2D eigenvalue weighted by Gasteiger charge is 2.26. The molecule has 1 fully saturated rings. The molecule has 4 heterocycles. The standard InChI is InChI=1S/C28H32F2N6O/c1-17(19-11-20(29)13-21(30)12-19)37-22-3-4-24-23(14-22)27(34-33-24)28-31-25-15-36(16-26(25)32-28)10-7-18-5-8-35(2)9-6-18/h3-4,11-14,17-18H,5-10,15-16H2,1-2H3,(H,31,32)(H,33,34). The van der Waals surface area contributed by atoms with Crippen LogP contribution < -0.4 is 4.74 Å². The van der Waals surface area contributed by atoms with Gasteiger partial charge < -0.3 is 14.6 Å². The Morgan fingerprint density at radius 2 is 1.86 bits per heavy atom. The van der Waals surface area contributed by atoms with Crippen LogP contribution >= 0.6 is 0 Å². The fourth-order valence-electron chi connectivity index (χ4n) is 5.51. The molecule has 1 saturated heterocycles. The maximum Gasteiger partial charge on any atom is 0.159 e. The van der Waals surface area contributed by atoms with Gasteiger partial charge in [0, 0.05) is 24.5 Å². The van der Waals surface area contributed by atoms with Gasteiger partial charge in [-0.3, -0.25) is 10.00 Å². The minimum Gasteiger partial charge on any atom is -0.486 e. The van der Waals surface area contributed by atoms with Crippen LogP contribution in [-0.2, 0) is 13.1 Å². The zero-order chi connectivity index (χ0) is 25.5. The average molecular weight is 507 g/mol. The van der Waals surface area contributed by atoms with Gasteiger partial charge in [0.1, 0.15) is 29.2 Å². The van der Waals surface area contributed by atoms with Crippen molar-refractivity contribution in [2.45, 2.75) is 45.4 Å². The molecule has 6 rings (SSSR count). The Morgan fingerprint density at radius 1 is 1.08 bits per heavy atom. The van der Waals surface area contributed by atoms with E-state index in [0.29, 0.717) is 11.3 Å². The van der Waals surface area contributed by atoms with Crippen molar-refractivity contribution in [2.24, 2.45) is 5.92 Å². The number of aromatic nitrogens is 4. The van der Waals surface area contributed by atoms with Crippen molar-refractivity contribution in [1.82, 2.24) is 30.0 Å². The lowest BCUT2D eigenvalue weighted by molar-refractivity contribution is 0.186. The Hall–Kier alpha value is -3.30. The van der Waals surface area contributed by atoms with Crippen LogP contribution in [0.5, 0.6) is 5.75 Å². The second-order valence-corrected chi connectivity index (χ2v) is 10.5. The third-order valence-corrected chi connectivity index (χ3v) is 7.74. The number of hydrogen-bond donors (Lipinski definition) is 2. The van der Waals surface area contributed by atoms with Gasteiger partial charge in [-0.05, 0) is 94.7 Å². The van der Waals surface area contributed by atoms with Gasteiger partial charge in [-0.15, -0.1) is 0 Å². The van der Waals surface area contributed by atoms with E-state index in [1.54, 1.807) is 6.92 Å². The summed E-state index contributed by atoms with van der Waals surface area (Å²) in [7, 11) is 2.21. The maximum absolute atomic E-state index is 13.6. The van der Waals surface area contributed by atoms with Gasteiger partial charge >= 0.3 is 0 Å². The van der Waals surface area contributed by atoms with Gasteiger partial charge in [-0.1, -0.05) is 0 Å². The number of nitrogens with one attached hydrogen (secondary N) is 2. The molecule has 7 nitrogen and oxygen atoms in total. The first-order chi connectivity index (χ1) is 17.9. The van der Waals surface area contributed by atoms with Gasteiger partial charge in [0.2, 0.25) is 0 Å². The molecule has 4 aromatic rings. The molecular weight excluding hydrogens is 474 g/mol. The van der Waals surface area contributed by atoms with Crippen molar-refractivity contribution < 1.29 is 13.5 Å². The molecular formula is C28H32F2N6O. The van der Waals surface area contributed by atoms with Gasteiger partial charge in [-0.2, -0.15) is 5.10 Å². The van der Waals surface area contributed by atoms with Crippen LogP contribution in [-0.4, -0.2) is 56.6 Å². The summed E-state index contributed by atoms with van der Waals surface area (Å²) in [4.78, 5) is 13.3. The summed E-state index contributed by atoms with van der Waals surface area (Å²) in [5.41, 5.74) is 4.28. The van der Waals surface area contributed by atoms with Crippen LogP contribution in [0.2, 0.25) is 0 Å². The van der Waals surface area contributed by atoms with E-state index in [1.807, 2.05) is 18.2 Å². The lowest BCUT2D eigenvalue weighted by Crippen LogP contribution is -2.31. The number of benzene rings is 2. The molecule has 2 aromatic heterocycles. The van der Waals surface area contributed by atoms with Crippen molar-refractivity contribution in [1.29, 1.82) is 0 Å². The SMILES string of the molecule is CC(Oc1ccc2[nH]nc(-c3nc4c([nH]3)CN(CCC3CCN(C)CC3)C4)c2c1)c1cc(F)cc(F)c1. The molecule has 194 valence electrons. The van der Waals surface area contributed by atoms with Gasteiger partial charge in [0.25, 0.3) is 0 Å². The van der Waals surface area contributed by atoms with E-state index < -0.39 is 17.7 Å². The Labute approximate surface area is 214 Å². The van der Waals surface area contributed by atoms with E-state index in [1.165, 1.54) is 44.5 Å². The molecule has 0 saturated carbocycles. The average Bonchev–Trinajstić information content (AvgIpc) is 3.56. The second kappa shape index (κ2) is 9.87. The van der Waals surface area contributed by atoms with Crippen molar-refractivity contribution in [3.8, 4) is 17.3 Å². The molecule has 0 spiro atoms. The third kappa shape index (κ3) is 5.10. The number of fused-ring (bicyclic) bond motifs is 2. The predicted molar refractivity (Wildman–Crippen MR) is 138 cm³/mol. The molecule has 1 unspecified atom stereocenters. The fraction of sp³-hybridized carbons (Fsp3) is 0.429. The number of rotatable bonds is 7. The van der Waals surface area contributed by atoms with E-state index in [0.717, 1.165) is 65.4 Å². The number of piperidine rings is 1. The number of H-pyrrole nitrogens is 2. The van der Waals surface area contributed by atoms with Gasteiger partial charge in [-0.25, -0.2) is 13.8 Å². The van der Waals surface area contributed by atoms with E-state index in [2.05, 4.69) is 32.0 Å². The molecule has 2 aliphatic rings. The maximum atomic E-state index is 13.6. The fourth-order valence-corrected chi connectivity index (χ4v) is 5.51. The summed E-state index contributed by atoms with van der Waals surface area (Å²) in [5, 5.41) is 8.46. The molecule has 2 aliphatic heterocycles. The predicted octanol–water partition coefficient (Wildman–Crippen LogP) is 5.42. The summed E-state index contributed by atoms with van der Waals surface area (Å²) in [6.45, 7) is 7.03. The summed E-state index contributed by atoms with van der Waals surface area (Å²) in [6, 6.07) is 9.04. The highest BCUT2D eigenvalue weighted by molar-refractivity contribution is 5.92. The molecule has 0 radical (unpaired) electrons. The molecule has 2 N–H and O–H groups in total. The minimum atomic E-state index is -0.621. The first kappa shape index (κ1) is 24.1. The Morgan fingerprint density at radius 3 is 2.62 bits per heavy atom. The van der Waals surface area contributed by atoms with Crippen molar-refractivity contribution in [3.05, 3.63) is 65.0 Å². The number of aromatic amines is 2. The zero-order valence-corrected chi connectivity index (χ0v) is 21.2. The van der Waals surface area contributed by atoms with Gasteiger partial charge in [0.15, 0.2) is 5.82 Å². The molecule has 0 aliphatic carbocycles. The molecule has 37 heavy (non-hydrogen) atoms. The minimum absolute atomic E-state index is 0.438. The Bertz CT molecular complexity index is 1360. The first-order valence-electron chi connectivity index (χ1n) is 13.0. The molecule has 0 amide bonds. The number of hydrogen-bond acceptors (Lipinski definition) is 5. The van der Waals surface area contributed by atoms with E-state index in [4.69, 9.17) is 9.72 Å². The first-order valence-corrected chi connectivity index (χ1v) is 13.0. The van der Waals surface area contributed by atoms with Gasteiger partial charge in [0.05, 0.1) is 16.9 Å². The summed E-state index contributed by atoms with van der Waals surface area (Å²) in [5.74, 6) is 0.914. The highest BCUT2D eigenvalue weighted by Crippen LogP contribution is 2.32. The number of imidazole rings is 1. The number of halogens is 2. The number of nitrogens with zero attached hydrogens (tertiary/aromatic N) is 4. The third-order valence-electron chi connectivity index (χ3n) is 7.74. The van der Waals surface area contributed by atoms with Crippen molar-refractivity contribution >= 4 is 10.9 Å². The lowest BCUT2D eigenvalue weighted by atomic mass is 9.94. The topological polar surface area (TPSA) is 73.1 Å². The van der Waals surface area contributed by atoms with Crippen LogP contribution in [0.3, 0.4) is 0 Å². The van der Waals surface area contributed by atoms with Crippen molar-refractivity contribution in [3.63, 3.8) is 0 Å². The Balaban J connectivity index is 1.14. The van der Waals surface area contributed by atoms with E-state index >= 15 is 0 Å². The van der Waals surface area contributed by atoms with Crippen LogP contribution in [0.4, 0.5) is 8.78 Å². The summed E-state index contributed by atoms with van der Waals surface area (Å²) in [6.07, 6.45) is 3.33. The quantitative estimate of drug-likeness (QED) is 0.350. The molecule has 0 bridgehead atoms. The van der Waals surface area contributed by atoms with Crippen LogP contribution in [0.1, 0.15) is 49.2 Å².